The van der Waals surface area contributed by atoms with Crippen LogP contribution in [0.2, 0.25) is 0 Å². The third-order valence-corrected chi connectivity index (χ3v) is 4.24. The lowest BCUT2D eigenvalue weighted by Crippen LogP contribution is -2.36. The van der Waals surface area contributed by atoms with Crippen molar-refractivity contribution in [3.05, 3.63) is 33.8 Å². The number of piperidine rings is 1. The summed E-state index contributed by atoms with van der Waals surface area (Å²) in [5, 5.41) is 3.38. The van der Waals surface area contributed by atoms with E-state index in [2.05, 4.69) is 39.4 Å². The molecule has 2 heterocycles. The molecule has 1 unspecified atom stereocenters. The number of nitrogens with one attached hydrogen (secondary N) is 1. The molecule has 1 saturated heterocycles. The fourth-order valence-electron chi connectivity index (χ4n) is 2.65. The van der Waals surface area contributed by atoms with Crippen molar-refractivity contribution in [1.29, 1.82) is 0 Å². The van der Waals surface area contributed by atoms with Gasteiger partial charge in [0.15, 0.2) is 6.29 Å². The second kappa shape index (κ2) is 5.70. The molecule has 2 aliphatic heterocycles. The average Bonchev–Trinajstić information content (AvgIpc) is 2.62. The van der Waals surface area contributed by atoms with Crippen molar-refractivity contribution in [3.63, 3.8) is 0 Å². The molecule has 4 heteroatoms. The molecular formula is C14H18BrNO2. The van der Waals surface area contributed by atoms with Crippen LogP contribution in [0, 0.1) is 5.92 Å². The van der Waals surface area contributed by atoms with Crippen LogP contribution in [-0.4, -0.2) is 19.4 Å². The van der Waals surface area contributed by atoms with Crippen molar-refractivity contribution in [1.82, 2.24) is 5.32 Å². The van der Waals surface area contributed by atoms with Gasteiger partial charge in [-0.3, -0.25) is 0 Å². The van der Waals surface area contributed by atoms with Gasteiger partial charge in [0, 0.05) is 10.4 Å². The van der Waals surface area contributed by atoms with Crippen molar-refractivity contribution < 1.29 is 9.47 Å². The highest BCUT2D eigenvalue weighted by Crippen LogP contribution is 2.27. The minimum Gasteiger partial charge on any atom is -0.348 e. The van der Waals surface area contributed by atoms with Crippen LogP contribution in [0.5, 0.6) is 0 Å². The van der Waals surface area contributed by atoms with Crippen molar-refractivity contribution in [2.45, 2.75) is 32.3 Å². The fourth-order valence-corrected chi connectivity index (χ4v) is 3.06. The predicted molar refractivity (Wildman–Crippen MR) is 73.1 cm³/mol. The van der Waals surface area contributed by atoms with Crippen molar-refractivity contribution in [2.75, 3.05) is 13.1 Å². The summed E-state index contributed by atoms with van der Waals surface area (Å²) in [6.45, 7) is 3.47. The quantitative estimate of drug-likeness (QED) is 0.865. The van der Waals surface area contributed by atoms with Crippen LogP contribution >= 0.6 is 15.9 Å². The van der Waals surface area contributed by atoms with Crippen LogP contribution < -0.4 is 5.32 Å². The van der Waals surface area contributed by atoms with E-state index in [1.54, 1.807) is 0 Å². The number of rotatable bonds is 1. The maximum Gasteiger partial charge on any atom is 0.161 e. The summed E-state index contributed by atoms with van der Waals surface area (Å²) < 4.78 is 13.0. The summed E-state index contributed by atoms with van der Waals surface area (Å²) in [6.07, 6.45) is 2.24. The van der Waals surface area contributed by atoms with E-state index in [4.69, 9.17) is 9.47 Å². The van der Waals surface area contributed by atoms with Crippen LogP contribution in [0.3, 0.4) is 0 Å². The summed E-state index contributed by atoms with van der Waals surface area (Å²) in [4.78, 5) is 0. The molecule has 0 aromatic heterocycles. The molecule has 2 aliphatic rings. The van der Waals surface area contributed by atoms with E-state index in [9.17, 15) is 0 Å². The second-order valence-corrected chi connectivity index (χ2v) is 5.91. The molecule has 0 aliphatic carbocycles. The van der Waals surface area contributed by atoms with Crippen LogP contribution in [0.25, 0.3) is 0 Å². The Morgan fingerprint density at radius 1 is 1.06 bits per heavy atom. The molecular weight excluding hydrogens is 294 g/mol. The SMILES string of the molecule is Brc1ccc2c(c1)COC(C1CCNCC1)OC2. The summed E-state index contributed by atoms with van der Waals surface area (Å²) in [7, 11) is 0. The number of hydrogen-bond donors (Lipinski definition) is 1. The average molecular weight is 312 g/mol. The zero-order valence-corrected chi connectivity index (χ0v) is 11.9. The highest BCUT2D eigenvalue weighted by Gasteiger charge is 2.27. The summed E-state index contributed by atoms with van der Waals surface area (Å²) in [5.41, 5.74) is 2.48. The standard InChI is InChI=1S/C14H18BrNO2/c15-13-2-1-11-8-17-14(18-9-12(11)7-13)10-3-5-16-6-4-10/h1-2,7,10,14,16H,3-6,8-9H2. The topological polar surface area (TPSA) is 30.5 Å². The zero-order chi connectivity index (χ0) is 12.4. The maximum atomic E-state index is 5.95. The summed E-state index contributed by atoms with van der Waals surface area (Å²) in [6, 6.07) is 6.31. The van der Waals surface area contributed by atoms with E-state index in [1.807, 2.05) is 0 Å². The number of ether oxygens (including phenoxy) is 2. The highest BCUT2D eigenvalue weighted by atomic mass is 79.9. The first-order valence-corrected chi connectivity index (χ1v) is 7.33. The lowest BCUT2D eigenvalue weighted by molar-refractivity contribution is -0.182. The molecule has 0 spiro atoms. The minimum absolute atomic E-state index is 0.0433. The number of benzene rings is 1. The molecule has 0 saturated carbocycles. The van der Waals surface area contributed by atoms with E-state index in [-0.39, 0.29) is 6.29 Å². The van der Waals surface area contributed by atoms with Gasteiger partial charge >= 0.3 is 0 Å². The monoisotopic (exact) mass is 311 g/mol. The smallest absolute Gasteiger partial charge is 0.161 e. The number of fused-ring (bicyclic) bond motifs is 1. The molecule has 1 atom stereocenters. The van der Waals surface area contributed by atoms with Gasteiger partial charge in [-0.05, 0) is 49.2 Å². The minimum atomic E-state index is -0.0433. The van der Waals surface area contributed by atoms with Gasteiger partial charge in [-0.2, -0.15) is 0 Å². The van der Waals surface area contributed by atoms with E-state index in [0.717, 1.165) is 30.4 Å². The lowest BCUT2D eigenvalue weighted by atomic mass is 9.97. The van der Waals surface area contributed by atoms with E-state index < -0.39 is 0 Å². The fraction of sp³-hybridized carbons (Fsp3) is 0.571. The molecule has 98 valence electrons. The molecule has 0 radical (unpaired) electrons. The Labute approximate surface area is 116 Å². The molecule has 0 bridgehead atoms. The van der Waals surface area contributed by atoms with Gasteiger partial charge in [-0.1, -0.05) is 22.0 Å². The molecule has 18 heavy (non-hydrogen) atoms. The molecule has 1 fully saturated rings. The molecule has 0 amide bonds. The van der Waals surface area contributed by atoms with E-state index >= 15 is 0 Å². The van der Waals surface area contributed by atoms with E-state index in [0.29, 0.717) is 19.1 Å². The summed E-state index contributed by atoms with van der Waals surface area (Å²) in [5.74, 6) is 0.531. The molecule has 3 rings (SSSR count). The van der Waals surface area contributed by atoms with Crippen LogP contribution in [0.1, 0.15) is 24.0 Å². The van der Waals surface area contributed by atoms with Crippen LogP contribution in [0.4, 0.5) is 0 Å². The third kappa shape index (κ3) is 2.77. The Bertz CT molecular complexity index is 418. The third-order valence-electron chi connectivity index (χ3n) is 3.74. The van der Waals surface area contributed by atoms with Crippen molar-refractivity contribution >= 4 is 15.9 Å². The summed E-state index contributed by atoms with van der Waals surface area (Å²) >= 11 is 3.50. The van der Waals surface area contributed by atoms with Gasteiger partial charge in [0.25, 0.3) is 0 Å². The van der Waals surface area contributed by atoms with Crippen molar-refractivity contribution in [2.24, 2.45) is 5.92 Å². The largest absolute Gasteiger partial charge is 0.348 e. The molecule has 1 aromatic carbocycles. The first kappa shape index (κ1) is 12.6. The lowest BCUT2D eigenvalue weighted by Gasteiger charge is -2.29. The zero-order valence-electron chi connectivity index (χ0n) is 10.3. The van der Waals surface area contributed by atoms with Crippen molar-refractivity contribution in [3.8, 4) is 0 Å². The highest BCUT2D eigenvalue weighted by molar-refractivity contribution is 9.10. The van der Waals surface area contributed by atoms with Crippen LogP contribution in [-0.2, 0) is 22.7 Å². The first-order valence-electron chi connectivity index (χ1n) is 6.54. The number of hydrogen-bond acceptors (Lipinski definition) is 3. The van der Waals surface area contributed by atoms with Gasteiger partial charge in [-0.25, -0.2) is 0 Å². The Morgan fingerprint density at radius 2 is 1.78 bits per heavy atom. The predicted octanol–water partition coefficient (Wildman–Crippen LogP) is 2.82. The molecule has 1 aromatic rings. The van der Waals surface area contributed by atoms with Gasteiger partial charge < -0.3 is 14.8 Å². The number of halogens is 1. The Kier molecular flexibility index (Phi) is 3.99. The van der Waals surface area contributed by atoms with Gasteiger partial charge in [0.2, 0.25) is 0 Å². The van der Waals surface area contributed by atoms with Crippen LogP contribution in [0.15, 0.2) is 22.7 Å². The van der Waals surface area contributed by atoms with Gasteiger partial charge in [0.05, 0.1) is 13.2 Å². The Morgan fingerprint density at radius 3 is 2.56 bits per heavy atom. The Balaban J connectivity index is 1.70. The maximum absolute atomic E-state index is 5.95. The molecule has 1 N–H and O–H groups in total. The molecule has 3 nitrogen and oxygen atoms in total. The Hall–Kier alpha value is -0.420. The van der Waals surface area contributed by atoms with E-state index in [1.165, 1.54) is 11.1 Å². The second-order valence-electron chi connectivity index (χ2n) is 4.99. The van der Waals surface area contributed by atoms with Gasteiger partial charge in [-0.15, -0.1) is 0 Å². The first-order chi connectivity index (χ1) is 8.83. The van der Waals surface area contributed by atoms with Gasteiger partial charge in [0.1, 0.15) is 0 Å². The normalized spacial score (nSPS) is 25.5.